The van der Waals surface area contributed by atoms with Crippen LogP contribution < -0.4 is 4.90 Å². The van der Waals surface area contributed by atoms with Gasteiger partial charge >= 0.3 is 0 Å². The van der Waals surface area contributed by atoms with E-state index in [2.05, 4.69) is 209 Å². The minimum Gasteiger partial charge on any atom is -0.310 e. The summed E-state index contributed by atoms with van der Waals surface area (Å²) in [6.45, 7) is 9.56. The van der Waals surface area contributed by atoms with Crippen molar-refractivity contribution in [1.29, 1.82) is 0 Å². The lowest BCUT2D eigenvalue weighted by atomic mass is 9.68. The van der Waals surface area contributed by atoms with Crippen LogP contribution in [0.5, 0.6) is 0 Å². The molecule has 0 aliphatic heterocycles. The van der Waals surface area contributed by atoms with Crippen LogP contribution in [0, 0.1) is 0 Å². The Balaban J connectivity index is 1.03. The van der Waals surface area contributed by atoms with E-state index in [1.165, 1.54) is 138 Å². The van der Waals surface area contributed by atoms with Gasteiger partial charge in [0.1, 0.15) is 0 Å². The van der Waals surface area contributed by atoms with E-state index >= 15 is 0 Å². The van der Waals surface area contributed by atoms with Crippen LogP contribution in [0.3, 0.4) is 0 Å². The molecule has 0 radical (unpaired) electrons. The lowest BCUT2D eigenvalue weighted by Crippen LogP contribution is -2.28. The SMILES string of the molecule is CC1(C)c2ccccc2-c2c(N(c3ccc(-c4ccccc4-c4cccc5c4C(C)(C)c4ccccc4-5)cc3)c3ccc4c(c3)C3(CCCCC3)c3ccccc3-4)cccc21. The molecule has 0 N–H and O–H groups in total. The molecule has 8 aromatic rings. The van der Waals surface area contributed by atoms with Gasteiger partial charge in [-0.05, 0) is 127 Å². The Morgan fingerprint density at radius 3 is 1.59 bits per heavy atom. The molecule has 0 amide bonds. The number of benzene rings is 8. The highest BCUT2D eigenvalue weighted by Gasteiger charge is 2.44. The minimum absolute atomic E-state index is 0.0696. The van der Waals surface area contributed by atoms with E-state index in [4.69, 9.17) is 0 Å². The number of anilines is 3. The summed E-state index contributed by atoms with van der Waals surface area (Å²) in [6, 6.07) is 67.0. The first-order valence-corrected chi connectivity index (χ1v) is 22.5. The van der Waals surface area contributed by atoms with Crippen LogP contribution >= 0.6 is 0 Å². The molecule has 0 saturated heterocycles. The fourth-order valence-electron chi connectivity index (χ4n) is 12.5. The molecule has 4 aliphatic rings. The van der Waals surface area contributed by atoms with Crippen LogP contribution in [0.4, 0.5) is 17.1 Å². The average Bonchev–Trinajstić information content (AvgIpc) is 3.81. The van der Waals surface area contributed by atoms with Crippen LogP contribution in [0.1, 0.15) is 93.2 Å². The quantitative estimate of drug-likeness (QED) is 0.168. The van der Waals surface area contributed by atoms with Crippen LogP contribution in [-0.2, 0) is 16.2 Å². The van der Waals surface area contributed by atoms with Crippen molar-refractivity contribution in [3.8, 4) is 55.6 Å². The Kier molecular flexibility index (Phi) is 7.93. The van der Waals surface area contributed by atoms with Gasteiger partial charge in [0.05, 0.1) is 5.69 Å². The highest BCUT2D eigenvalue weighted by Crippen LogP contribution is 2.59. The highest BCUT2D eigenvalue weighted by atomic mass is 15.1. The second-order valence-electron chi connectivity index (χ2n) is 19.1. The Bertz CT molecular complexity index is 3060. The van der Waals surface area contributed by atoms with E-state index < -0.39 is 0 Å². The average molecular weight is 786 g/mol. The number of fused-ring (bicyclic) bond motifs is 11. The van der Waals surface area contributed by atoms with Gasteiger partial charge in [0.25, 0.3) is 0 Å². The molecule has 0 atom stereocenters. The van der Waals surface area contributed by atoms with E-state index in [9.17, 15) is 0 Å². The van der Waals surface area contributed by atoms with Crippen molar-refractivity contribution < 1.29 is 0 Å². The molecule has 1 fully saturated rings. The third kappa shape index (κ3) is 5.13. The van der Waals surface area contributed by atoms with E-state index in [0.29, 0.717) is 0 Å². The molecule has 0 bridgehead atoms. The molecule has 296 valence electrons. The Hall–Kier alpha value is -6.44. The van der Waals surface area contributed by atoms with Gasteiger partial charge in [0, 0.05) is 33.2 Å². The maximum absolute atomic E-state index is 2.57. The third-order valence-corrected chi connectivity index (χ3v) is 15.3. The molecule has 61 heavy (non-hydrogen) atoms. The molecule has 1 saturated carbocycles. The van der Waals surface area contributed by atoms with Crippen molar-refractivity contribution in [3.63, 3.8) is 0 Å². The number of nitrogens with zero attached hydrogens (tertiary/aromatic N) is 1. The van der Waals surface area contributed by atoms with Gasteiger partial charge in [0.15, 0.2) is 0 Å². The van der Waals surface area contributed by atoms with Gasteiger partial charge in [-0.25, -0.2) is 0 Å². The first-order chi connectivity index (χ1) is 29.8. The molecule has 1 heteroatoms. The zero-order chi connectivity index (χ0) is 41.1. The Morgan fingerprint density at radius 1 is 0.361 bits per heavy atom. The summed E-state index contributed by atoms with van der Waals surface area (Å²) < 4.78 is 0. The Labute approximate surface area is 361 Å². The van der Waals surface area contributed by atoms with Crippen molar-refractivity contribution in [1.82, 2.24) is 0 Å². The molecule has 8 aromatic carbocycles. The standard InChI is InChI=1S/C60H51N/c1-58(2)51-26-12-10-22-49(51)56-53(58)28-17-29-55(56)61(41-34-35-46-44-20-9-13-27-52(44)60(54(46)38-41)36-14-5-15-37-60)40-32-30-39(31-33-40)42-18-6-7-19-43(42)47-23-16-24-48-45-21-8-11-25-50(45)59(3,4)57(47)48/h6-13,16-35,38H,5,14-15,36-37H2,1-4H3. The molecule has 4 aliphatic carbocycles. The zero-order valence-electron chi connectivity index (χ0n) is 35.7. The largest absolute Gasteiger partial charge is 0.310 e. The van der Waals surface area contributed by atoms with E-state index in [1.807, 2.05) is 0 Å². The number of rotatable bonds is 5. The number of hydrogen-bond acceptors (Lipinski definition) is 1. The van der Waals surface area contributed by atoms with Gasteiger partial charge in [-0.3, -0.25) is 0 Å². The molecule has 0 heterocycles. The number of hydrogen-bond donors (Lipinski definition) is 0. The maximum atomic E-state index is 2.57. The second kappa shape index (κ2) is 13.3. The molecular weight excluding hydrogens is 735 g/mol. The van der Waals surface area contributed by atoms with Crippen LogP contribution in [0.15, 0.2) is 176 Å². The van der Waals surface area contributed by atoms with Crippen molar-refractivity contribution >= 4 is 17.1 Å². The molecule has 12 rings (SSSR count). The van der Waals surface area contributed by atoms with Gasteiger partial charge in [-0.2, -0.15) is 0 Å². The first kappa shape index (κ1) is 36.4. The summed E-state index contributed by atoms with van der Waals surface area (Å²) in [5, 5.41) is 0. The molecule has 1 spiro atoms. The van der Waals surface area contributed by atoms with Crippen molar-refractivity contribution in [2.45, 2.75) is 76.0 Å². The third-order valence-electron chi connectivity index (χ3n) is 15.3. The van der Waals surface area contributed by atoms with Gasteiger partial charge < -0.3 is 4.90 Å². The van der Waals surface area contributed by atoms with Crippen LogP contribution in [-0.4, -0.2) is 0 Å². The summed E-state index contributed by atoms with van der Waals surface area (Å²) in [5.41, 5.74) is 25.5. The molecule has 1 nitrogen and oxygen atoms in total. The fourth-order valence-corrected chi connectivity index (χ4v) is 12.5. The van der Waals surface area contributed by atoms with Gasteiger partial charge in [0.2, 0.25) is 0 Å². The summed E-state index contributed by atoms with van der Waals surface area (Å²) in [7, 11) is 0. The van der Waals surface area contributed by atoms with E-state index in [-0.39, 0.29) is 16.2 Å². The maximum Gasteiger partial charge on any atom is 0.0543 e. The predicted molar refractivity (Wildman–Crippen MR) is 256 cm³/mol. The zero-order valence-corrected chi connectivity index (χ0v) is 35.7. The topological polar surface area (TPSA) is 3.24 Å². The van der Waals surface area contributed by atoms with Gasteiger partial charge in [-0.15, -0.1) is 0 Å². The summed E-state index contributed by atoms with van der Waals surface area (Å²) in [5.74, 6) is 0. The summed E-state index contributed by atoms with van der Waals surface area (Å²) in [6.07, 6.45) is 6.30. The monoisotopic (exact) mass is 785 g/mol. The molecule has 0 unspecified atom stereocenters. The van der Waals surface area contributed by atoms with E-state index in [1.54, 1.807) is 0 Å². The summed E-state index contributed by atoms with van der Waals surface area (Å²) >= 11 is 0. The van der Waals surface area contributed by atoms with Gasteiger partial charge in [-0.1, -0.05) is 193 Å². The van der Waals surface area contributed by atoms with Crippen LogP contribution in [0.25, 0.3) is 55.6 Å². The first-order valence-electron chi connectivity index (χ1n) is 22.5. The fraction of sp³-hybridized carbons (Fsp3) is 0.200. The highest BCUT2D eigenvalue weighted by molar-refractivity contribution is 5.97. The molecule has 0 aromatic heterocycles. The minimum atomic E-state index is -0.101. The van der Waals surface area contributed by atoms with Crippen molar-refractivity contribution in [2.75, 3.05) is 4.90 Å². The lowest BCUT2D eigenvalue weighted by Gasteiger charge is -2.37. The van der Waals surface area contributed by atoms with Crippen LogP contribution in [0.2, 0.25) is 0 Å². The Morgan fingerprint density at radius 2 is 0.869 bits per heavy atom. The molecular formula is C60H51N. The smallest absolute Gasteiger partial charge is 0.0543 e. The lowest BCUT2D eigenvalue weighted by molar-refractivity contribution is 0.353. The van der Waals surface area contributed by atoms with Crippen molar-refractivity contribution in [2.24, 2.45) is 0 Å². The predicted octanol–water partition coefficient (Wildman–Crippen LogP) is 16.3. The van der Waals surface area contributed by atoms with E-state index in [0.717, 1.165) is 0 Å². The van der Waals surface area contributed by atoms with Crippen molar-refractivity contribution in [3.05, 3.63) is 209 Å². The summed E-state index contributed by atoms with van der Waals surface area (Å²) in [4.78, 5) is 2.57. The second-order valence-corrected chi connectivity index (χ2v) is 19.1. The normalized spacial score (nSPS) is 16.6.